The molecular formula is C20H34N4O3. The molecule has 1 aromatic rings. The molecule has 0 radical (unpaired) electrons. The minimum atomic E-state index is -0.522. The summed E-state index contributed by atoms with van der Waals surface area (Å²) < 4.78 is 10.7. The zero-order valence-corrected chi connectivity index (χ0v) is 17.6. The van der Waals surface area contributed by atoms with E-state index in [1.165, 1.54) is 0 Å². The third-order valence-electron chi connectivity index (χ3n) is 3.86. The number of hydrogen-bond donors (Lipinski definition) is 3. The SMILES string of the molecule is CN=C(NCc1ccccc1OC)NCC(NC(=O)OC(C)(C)C)C(C)C. The highest BCUT2D eigenvalue weighted by molar-refractivity contribution is 5.79. The van der Waals surface area contributed by atoms with Crippen LogP contribution in [0.15, 0.2) is 29.3 Å². The first-order chi connectivity index (χ1) is 12.7. The van der Waals surface area contributed by atoms with Crippen LogP contribution in [0.3, 0.4) is 0 Å². The van der Waals surface area contributed by atoms with Crippen LogP contribution in [0.4, 0.5) is 4.79 Å². The van der Waals surface area contributed by atoms with Crippen LogP contribution in [0, 0.1) is 5.92 Å². The third-order valence-corrected chi connectivity index (χ3v) is 3.86. The molecule has 0 saturated heterocycles. The van der Waals surface area contributed by atoms with E-state index in [1.807, 2.05) is 45.0 Å². The van der Waals surface area contributed by atoms with Gasteiger partial charge < -0.3 is 25.4 Å². The number of alkyl carbamates (subject to hydrolysis) is 1. The number of benzene rings is 1. The predicted octanol–water partition coefficient (Wildman–Crippen LogP) is 2.91. The van der Waals surface area contributed by atoms with Crippen LogP contribution in [0.5, 0.6) is 5.75 Å². The molecule has 1 atom stereocenters. The number of guanidine groups is 1. The summed E-state index contributed by atoms with van der Waals surface area (Å²) >= 11 is 0. The molecule has 1 aromatic carbocycles. The van der Waals surface area contributed by atoms with E-state index < -0.39 is 11.7 Å². The second-order valence-corrected chi connectivity index (χ2v) is 7.62. The van der Waals surface area contributed by atoms with Crippen molar-refractivity contribution in [2.75, 3.05) is 20.7 Å². The van der Waals surface area contributed by atoms with Gasteiger partial charge in [0.05, 0.1) is 13.2 Å². The molecule has 7 heteroatoms. The lowest BCUT2D eigenvalue weighted by atomic mass is 10.0. The zero-order chi connectivity index (χ0) is 20.4. The Bertz CT molecular complexity index is 624. The zero-order valence-electron chi connectivity index (χ0n) is 17.6. The summed E-state index contributed by atoms with van der Waals surface area (Å²) in [6, 6.07) is 7.73. The number of carbonyl (C=O) groups excluding carboxylic acids is 1. The van der Waals surface area contributed by atoms with Crippen LogP contribution in [-0.2, 0) is 11.3 Å². The summed E-state index contributed by atoms with van der Waals surface area (Å²) in [5.41, 5.74) is 0.515. The molecule has 152 valence electrons. The van der Waals surface area contributed by atoms with Gasteiger partial charge in [0.2, 0.25) is 0 Å². The minimum Gasteiger partial charge on any atom is -0.496 e. The maximum atomic E-state index is 12.0. The summed E-state index contributed by atoms with van der Waals surface area (Å²) in [7, 11) is 3.37. The number of rotatable bonds is 7. The average molecular weight is 379 g/mol. The van der Waals surface area contributed by atoms with Gasteiger partial charge in [0.25, 0.3) is 0 Å². The number of nitrogens with one attached hydrogen (secondary N) is 3. The third kappa shape index (κ3) is 8.66. The number of hydrogen-bond acceptors (Lipinski definition) is 4. The van der Waals surface area contributed by atoms with Gasteiger partial charge in [-0.15, -0.1) is 0 Å². The fourth-order valence-electron chi connectivity index (χ4n) is 2.37. The Morgan fingerprint density at radius 3 is 2.41 bits per heavy atom. The molecule has 0 spiro atoms. The van der Waals surface area contributed by atoms with E-state index in [2.05, 4.69) is 34.8 Å². The lowest BCUT2D eigenvalue weighted by Gasteiger charge is -2.26. The molecule has 1 amide bonds. The molecule has 0 aliphatic rings. The Hall–Kier alpha value is -2.44. The number of para-hydroxylation sites is 1. The average Bonchev–Trinajstić information content (AvgIpc) is 2.59. The van der Waals surface area contributed by atoms with Crippen molar-refractivity contribution in [2.45, 2.75) is 52.8 Å². The summed E-state index contributed by atoms with van der Waals surface area (Å²) in [6.45, 7) is 10.7. The van der Waals surface area contributed by atoms with E-state index in [-0.39, 0.29) is 12.0 Å². The van der Waals surface area contributed by atoms with Crippen molar-refractivity contribution in [3.63, 3.8) is 0 Å². The molecule has 0 heterocycles. The predicted molar refractivity (Wildman–Crippen MR) is 109 cm³/mol. The molecule has 0 aromatic heterocycles. The molecule has 1 unspecified atom stereocenters. The normalized spacial score (nSPS) is 13.1. The van der Waals surface area contributed by atoms with Crippen molar-refractivity contribution in [3.8, 4) is 5.75 Å². The van der Waals surface area contributed by atoms with Gasteiger partial charge in [-0.2, -0.15) is 0 Å². The van der Waals surface area contributed by atoms with Crippen molar-refractivity contribution in [3.05, 3.63) is 29.8 Å². The van der Waals surface area contributed by atoms with Crippen LogP contribution in [0.1, 0.15) is 40.2 Å². The first kappa shape index (κ1) is 22.6. The fraction of sp³-hybridized carbons (Fsp3) is 0.600. The largest absolute Gasteiger partial charge is 0.496 e. The Morgan fingerprint density at radius 2 is 1.85 bits per heavy atom. The number of aliphatic imine (C=N–C) groups is 1. The smallest absolute Gasteiger partial charge is 0.407 e. The second kappa shape index (κ2) is 10.6. The van der Waals surface area contributed by atoms with Crippen LogP contribution < -0.4 is 20.7 Å². The van der Waals surface area contributed by atoms with E-state index in [0.29, 0.717) is 19.0 Å². The van der Waals surface area contributed by atoms with E-state index >= 15 is 0 Å². The molecule has 0 fully saturated rings. The lowest BCUT2D eigenvalue weighted by molar-refractivity contribution is 0.0491. The van der Waals surface area contributed by atoms with E-state index in [4.69, 9.17) is 9.47 Å². The maximum Gasteiger partial charge on any atom is 0.407 e. The second-order valence-electron chi connectivity index (χ2n) is 7.62. The summed E-state index contributed by atoms with van der Waals surface area (Å²) in [6.07, 6.45) is -0.417. The first-order valence-electron chi connectivity index (χ1n) is 9.22. The molecular weight excluding hydrogens is 344 g/mol. The Kier molecular flexibility index (Phi) is 8.91. The monoisotopic (exact) mass is 378 g/mol. The van der Waals surface area contributed by atoms with Crippen molar-refractivity contribution in [2.24, 2.45) is 10.9 Å². The number of nitrogens with zero attached hydrogens (tertiary/aromatic N) is 1. The van der Waals surface area contributed by atoms with Gasteiger partial charge in [-0.25, -0.2) is 4.79 Å². The molecule has 1 rings (SSSR count). The lowest BCUT2D eigenvalue weighted by Crippen LogP contribution is -2.50. The highest BCUT2D eigenvalue weighted by Gasteiger charge is 2.21. The van der Waals surface area contributed by atoms with Gasteiger partial charge in [-0.1, -0.05) is 32.0 Å². The van der Waals surface area contributed by atoms with Crippen LogP contribution in [0.25, 0.3) is 0 Å². The quantitative estimate of drug-likeness (QED) is 0.502. The Balaban J connectivity index is 2.58. The Labute approximate surface area is 162 Å². The molecule has 0 aliphatic heterocycles. The molecule has 27 heavy (non-hydrogen) atoms. The fourth-order valence-corrected chi connectivity index (χ4v) is 2.37. The van der Waals surface area contributed by atoms with Gasteiger partial charge in [0.15, 0.2) is 5.96 Å². The van der Waals surface area contributed by atoms with Crippen molar-refractivity contribution in [1.29, 1.82) is 0 Å². The minimum absolute atomic E-state index is 0.0929. The highest BCUT2D eigenvalue weighted by atomic mass is 16.6. The van der Waals surface area contributed by atoms with Crippen LogP contribution in [0.2, 0.25) is 0 Å². The van der Waals surface area contributed by atoms with E-state index in [0.717, 1.165) is 11.3 Å². The standard InChI is InChI=1S/C20H34N4O3/c1-14(2)16(24-19(25)27-20(3,4)5)13-23-18(21-6)22-12-15-10-8-9-11-17(15)26-7/h8-11,14,16H,12-13H2,1-7H3,(H,24,25)(H2,21,22,23). The maximum absolute atomic E-state index is 12.0. The topological polar surface area (TPSA) is 84.0 Å². The molecule has 0 bridgehead atoms. The first-order valence-corrected chi connectivity index (χ1v) is 9.22. The van der Waals surface area contributed by atoms with Crippen LogP contribution in [-0.4, -0.2) is 44.4 Å². The van der Waals surface area contributed by atoms with Crippen LogP contribution >= 0.6 is 0 Å². The summed E-state index contributed by atoms with van der Waals surface area (Å²) in [5.74, 6) is 1.71. The van der Waals surface area contributed by atoms with E-state index in [1.54, 1.807) is 14.2 Å². The number of amides is 1. The van der Waals surface area contributed by atoms with Gasteiger partial charge in [0.1, 0.15) is 11.4 Å². The van der Waals surface area contributed by atoms with E-state index in [9.17, 15) is 4.79 Å². The number of carbonyl (C=O) groups is 1. The molecule has 3 N–H and O–H groups in total. The van der Waals surface area contributed by atoms with Gasteiger partial charge >= 0.3 is 6.09 Å². The molecule has 7 nitrogen and oxygen atoms in total. The van der Waals surface area contributed by atoms with Gasteiger partial charge in [-0.3, -0.25) is 4.99 Å². The molecule has 0 aliphatic carbocycles. The highest BCUT2D eigenvalue weighted by Crippen LogP contribution is 2.16. The van der Waals surface area contributed by atoms with Crippen molar-refractivity contribution >= 4 is 12.1 Å². The Morgan fingerprint density at radius 1 is 1.19 bits per heavy atom. The summed E-state index contributed by atoms with van der Waals surface area (Å²) in [5, 5.41) is 9.43. The molecule has 0 saturated carbocycles. The number of methoxy groups -OCH3 is 1. The van der Waals surface area contributed by atoms with Crippen molar-refractivity contribution < 1.29 is 14.3 Å². The number of ether oxygens (including phenoxy) is 2. The van der Waals surface area contributed by atoms with Gasteiger partial charge in [0, 0.05) is 25.7 Å². The summed E-state index contributed by atoms with van der Waals surface area (Å²) in [4.78, 5) is 16.3. The van der Waals surface area contributed by atoms with Crippen molar-refractivity contribution in [1.82, 2.24) is 16.0 Å². The van der Waals surface area contributed by atoms with Gasteiger partial charge in [-0.05, 0) is 32.8 Å².